The summed E-state index contributed by atoms with van der Waals surface area (Å²) in [7, 11) is -3.25. The lowest BCUT2D eigenvalue weighted by molar-refractivity contribution is -0.137. The molecule has 3 rings (SSSR count). The van der Waals surface area contributed by atoms with E-state index in [-0.39, 0.29) is 11.4 Å². The van der Waals surface area contributed by atoms with Crippen LogP contribution in [0.15, 0.2) is 53.4 Å². The maximum atomic E-state index is 11.6. The van der Waals surface area contributed by atoms with Crippen LogP contribution in [0.25, 0.3) is 22.0 Å². The van der Waals surface area contributed by atoms with Crippen molar-refractivity contribution in [3.8, 4) is 11.1 Å². The molecule has 2 aromatic carbocycles. The highest BCUT2D eigenvalue weighted by atomic mass is 32.2. The van der Waals surface area contributed by atoms with Gasteiger partial charge in [-0.05, 0) is 30.7 Å². The molecule has 0 saturated heterocycles. The smallest absolute Gasteiger partial charge is 0.323 e. The molecule has 0 saturated carbocycles. The molecule has 0 aliphatic rings. The third kappa shape index (κ3) is 2.80. The Balaban J connectivity index is 2.23. The van der Waals surface area contributed by atoms with Gasteiger partial charge < -0.3 is 9.67 Å². The molecule has 0 bridgehead atoms. The molecule has 0 atom stereocenters. The molecule has 0 amide bonds. The minimum Gasteiger partial charge on any atom is -0.480 e. The number of rotatable bonds is 4. The lowest BCUT2D eigenvalue weighted by atomic mass is 10.0. The van der Waals surface area contributed by atoms with Crippen LogP contribution in [0.2, 0.25) is 0 Å². The first-order valence-electron chi connectivity index (χ1n) is 7.39. The van der Waals surface area contributed by atoms with E-state index in [1.165, 1.54) is 6.26 Å². The number of benzene rings is 2. The number of sulfone groups is 1. The van der Waals surface area contributed by atoms with Crippen LogP contribution in [0.3, 0.4) is 0 Å². The molecule has 6 heteroatoms. The lowest BCUT2D eigenvalue weighted by Gasteiger charge is -2.06. The van der Waals surface area contributed by atoms with Gasteiger partial charge in [0.25, 0.3) is 0 Å². The Morgan fingerprint density at radius 3 is 2.29 bits per heavy atom. The topological polar surface area (TPSA) is 76.4 Å². The van der Waals surface area contributed by atoms with Crippen LogP contribution >= 0.6 is 0 Å². The first-order valence-corrected chi connectivity index (χ1v) is 9.28. The summed E-state index contributed by atoms with van der Waals surface area (Å²) in [4.78, 5) is 11.4. The number of para-hydroxylation sites is 1. The van der Waals surface area contributed by atoms with E-state index < -0.39 is 15.8 Å². The zero-order chi connectivity index (χ0) is 17.5. The molecule has 0 unspecified atom stereocenters. The average molecular weight is 343 g/mol. The first kappa shape index (κ1) is 16.3. The van der Waals surface area contributed by atoms with Gasteiger partial charge in [0.2, 0.25) is 0 Å². The van der Waals surface area contributed by atoms with Gasteiger partial charge in [-0.25, -0.2) is 8.42 Å². The van der Waals surface area contributed by atoms with Crippen molar-refractivity contribution >= 4 is 26.7 Å². The molecule has 0 radical (unpaired) electrons. The van der Waals surface area contributed by atoms with Crippen molar-refractivity contribution in [2.45, 2.75) is 18.4 Å². The molecule has 24 heavy (non-hydrogen) atoms. The van der Waals surface area contributed by atoms with E-state index >= 15 is 0 Å². The predicted molar refractivity (Wildman–Crippen MR) is 92.9 cm³/mol. The summed E-state index contributed by atoms with van der Waals surface area (Å²) >= 11 is 0. The minimum absolute atomic E-state index is 0.117. The van der Waals surface area contributed by atoms with Crippen LogP contribution in [0, 0.1) is 6.92 Å². The van der Waals surface area contributed by atoms with Crippen molar-refractivity contribution in [3.63, 3.8) is 0 Å². The maximum Gasteiger partial charge on any atom is 0.323 e. The van der Waals surface area contributed by atoms with Crippen molar-refractivity contribution in [1.29, 1.82) is 0 Å². The largest absolute Gasteiger partial charge is 0.480 e. The van der Waals surface area contributed by atoms with Gasteiger partial charge in [0.15, 0.2) is 9.84 Å². The fourth-order valence-electron chi connectivity index (χ4n) is 3.00. The van der Waals surface area contributed by atoms with Crippen LogP contribution in [0.4, 0.5) is 0 Å². The zero-order valence-corrected chi connectivity index (χ0v) is 14.2. The SMILES string of the molecule is Cc1c(-c2ccc(S(C)(=O)=O)cc2)c2ccccc2n1CC(=O)O. The Bertz CT molecular complexity index is 1030. The van der Waals surface area contributed by atoms with E-state index in [1.54, 1.807) is 28.8 Å². The first-order chi connectivity index (χ1) is 11.3. The van der Waals surface area contributed by atoms with Crippen molar-refractivity contribution in [2.75, 3.05) is 6.26 Å². The predicted octanol–water partition coefficient (Wildman–Crippen LogP) is 3.10. The minimum atomic E-state index is -3.25. The molecule has 3 aromatic rings. The lowest BCUT2D eigenvalue weighted by Crippen LogP contribution is -2.09. The molecule has 0 fully saturated rings. The molecule has 1 aromatic heterocycles. The van der Waals surface area contributed by atoms with E-state index in [9.17, 15) is 13.2 Å². The second-order valence-electron chi connectivity index (χ2n) is 5.75. The highest BCUT2D eigenvalue weighted by molar-refractivity contribution is 7.90. The van der Waals surface area contributed by atoms with Crippen LogP contribution in [0.5, 0.6) is 0 Å². The highest BCUT2D eigenvalue weighted by Gasteiger charge is 2.17. The molecule has 0 aliphatic carbocycles. The van der Waals surface area contributed by atoms with Gasteiger partial charge in [-0.2, -0.15) is 0 Å². The van der Waals surface area contributed by atoms with E-state index in [0.717, 1.165) is 27.7 Å². The van der Waals surface area contributed by atoms with Gasteiger partial charge in [-0.1, -0.05) is 30.3 Å². The fraction of sp³-hybridized carbons (Fsp3) is 0.167. The average Bonchev–Trinajstić information content (AvgIpc) is 2.79. The standard InChI is InChI=1S/C18H17NO4S/c1-12-18(13-7-9-14(10-8-13)24(2,22)23)15-5-3-4-6-16(15)19(12)11-17(20)21/h3-10H,11H2,1-2H3,(H,20,21). The number of fused-ring (bicyclic) bond motifs is 1. The summed E-state index contributed by atoms with van der Waals surface area (Å²) in [6, 6.07) is 14.3. The van der Waals surface area contributed by atoms with Gasteiger partial charge in [0.05, 0.1) is 4.90 Å². The molecule has 0 spiro atoms. The Hall–Kier alpha value is -2.60. The van der Waals surface area contributed by atoms with Gasteiger partial charge in [0.1, 0.15) is 6.54 Å². The van der Waals surface area contributed by atoms with E-state index in [2.05, 4.69) is 0 Å². The number of aromatic nitrogens is 1. The van der Waals surface area contributed by atoms with Crippen molar-refractivity contribution in [2.24, 2.45) is 0 Å². The zero-order valence-electron chi connectivity index (χ0n) is 13.4. The summed E-state index contributed by atoms with van der Waals surface area (Å²) < 4.78 is 25.0. The van der Waals surface area contributed by atoms with Gasteiger partial charge in [-0.3, -0.25) is 4.79 Å². The number of nitrogens with zero attached hydrogens (tertiary/aromatic N) is 1. The monoisotopic (exact) mass is 343 g/mol. The van der Waals surface area contributed by atoms with Crippen molar-refractivity contribution in [3.05, 3.63) is 54.2 Å². The summed E-state index contributed by atoms with van der Waals surface area (Å²) in [5.41, 5.74) is 3.47. The van der Waals surface area contributed by atoms with Gasteiger partial charge in [0, 0.05) is 28.4 Å². The molecule has 1 N–H and O–H groups in total. The Labute approximate surface area is 140 Å². The second-order valence-corrected chi connectivity index (χ2v) is 7.77. The van der Waals surface area contributed by atoms with Crippen molar-refractivity contribution < 1.29 is 18.3 Å². The summed E-state index contributed by atoms with van der Waals surface area (Å²) in [5, 5.41) is 10.1. The second kappa shape index (κ2) is 5.79. The molecule has 1 heterocycles. The van der Waals surface area contributed by atoms with E-state index in [1.807, 2.05) is 31.2 Å². The molecule has 0 aliphatic heterocycles. The van der Waals surface area contributed by atoms with Crippen molar-refractivity contribution in [1.82, 2.24) is 4.57 Å². The summed E-state index contributed by atoms with van der Waals surface area (Å²) in [5.74, 6) is -0.905. The normalized spacial score (nSPS) is 11.8. The molecule has 5 nitrogen and oxygen atoms in total. The van der Waals surface area contributed by atoms with E-state index in [4.69, 9.17) is 5.11 Å². The third-order valence-corrected chi connectivity index (χ3v) is 5.22. The van der Waals surface area contributed by atoms with Gasteiger partial charge >= 0.3 is 5.97 Å². The Kier molecular flexibility index (Phi) is 3.93. The van der Waals surface area contributed by atoms with E-state index in [0.29, 0.717) is 0 Å². The molecular weight excluding hydrogens is 326 g/mol. The molecule has 124 valence electrons. The van der Waals surface area contributed by atoms with Gasteiger partial charge in [-0.15, -0.1) is 0 Å². The fourth-order valence-corrected chi connectivity index (χ4v) is 3.63. The molecular formula is C18H17NO4S. The number of carboxylic acid groups (broad SMARTS) is 1. The van der Waals surface area contributed by atoms with Crippen LogP contribution in [0.1, 0.15) is 5.69 Å². The number of carbonyl (C=O) groups is 1. The highest BCUT2D eigenvalue weighted by Crippen LogP contribution is 2.35. The Morgan fingerprint density at radius 1 is 1.08 bits per heavy atom. The Morgan fingerprint density at radius 2 is 1.71 bits per heavy atom. The number of hydrogen-bond acceptors (Lipinski definition) is 3. The quantitative estimate of drug-likeness (QED) is 0.790. The maximum absolute atomic E-state index is 11.6. The van der Waals surface area contributed by atoms with Crippen LogP contribution < -0.4 is 0 Å². The number of carboxylic acids is 1. The third-order valence-electron chi connectivity index (χ3n) is 4.10. The van der Waals surface area contributed by atoms with Crippen LogP contribution in [-0.4, -0.2) is 30.3 Å². The number of aliphatic carboxylic acids is 1. The summed E-state index contributed by atoms with van der Waals surface area (Å²) in [6.07, 6.45) is 1.17. The number of hydrogen-bond donors (Lipinski definition) is 1. The van der Waals surface area contributed by atoms with Crippen LogP contribution in [-0.2, 0) is 21.2 Å². The summed E-state index contributed by atoms with van der Waals surface area (Å²) in [6.45, 7) is 1.76.